The van der Waals surface area contributed by atoms with Gasteiger partial charge in [0.1, 0.15) is 11.8 Å². The van der Waals surface area contributed by atoms with Crippen LogP contribution < -0.4 is 20.3 Å². The van der Waals surface area contributed by atoms with Crippen LogP contribution in [0.3, 0.4) is 0 Å². The summed E-state index contributed by atoms with van der Waals surface area (Å²) in [5, 5.41) is 6.50. The molecule has 0 bridgehead atoms. The summed E-state index contributed by atoms with van der Waals surface area (Å²) in [4.78, 5) is 47.7. The van der Waals surface area contributed by atoms with Gasteiger partial charge in [-0.25, -0.2) is 0 Å². The molecule has 2 aromatic rings. The van der Waals surface area contributed by atoms with Crippen molar-refractivity contribution >= 4 is 23.4 Å². The van der Waals surface area contributed by atoms with E-state index in [-0.39, 0.29) is 29.7 Å². The number of para-hydroxylation sites is 2. The molecule has 0 aliphatic carbocycles. The summed E-state index contributed by atoms with van der Waals surface area (Å²) >= 11 is 0. The molecule has 4 aliphatic heterocycles. The molecule has 3 atom stereocenters. The van der Waals surface area contributed by atoms with Gasteiger partial charge in [0.05, 0.1) is 24.8 Å². The Morgan fingerprint density at radius 3 is 2.45 bits per heavy atom. The van der Waals surface area contributed by atoms with Gasteiger partial charge in [0, 0.05) is 64.9 Å². The first-order chi connectivity index (χ1) is 22.9. The van der Waals surface area contributed by atoms with Crippen molar-refractivity contribution in [1.82, 2.24) is 20.4 Å². The molecule has 4 heterocycles. The molecule has 0 aromatic heterocycles. The van der Waals surface area contributed by atoms with Gasteiger partial charge in [-0.15, -0.1) is 0 Å². The van der Waals surface area contributed by atoms with Crippen LogP contribution in [-0.4, -0.2) is 106 Å². The number of allylic oxidation sites excluding steroid dienone is 2. The third-order valence-electron chi connectivity index (χ3n) is 10.5. The van der Waals surface area contributed by atoms with Crippen molar-refractivity contribution in [2.24, 2.45) is 11.3 Å². The number of methoxy groups -OCH3 is 1. The maximum atomic E-state index is 13.9. The van der Waals surface area contributed by atoms with E-state index in [1.165, 1.54) is 0 Å². The summed E-state index contributed by atoms with van der Waals surface area (Å²) in [5.74, 6) is 0.974. The number of nitrogens with zero attached hydrogens (tertiary/aromatic N) is 3. The SMILES string of the molecule is COc1ccccc1N1CCN(C(=O)CN2CC[C@H]3NC(=O)[C@H](Cc4ccccc4)NC(=O)C4(C/C=C/C[C@H]3C2)CCOCC4)CC1. The van der Waals surface area contributed by atoms with Crippen molar-refractivity contribution in [1.29, 1.82) is 0 Å². The highest BCUT2D eigenvalue weighted by atomic mass is 16.5. The van der Waals surface area contributed by atoms with E-state index in [1.807, 2.05) is 53.4 Å². The fourth-order valence-electron chi connectivity index (χ4n) is 7.58. The monoisotopic (exact) mass is 643 g/mol. The molecule has 2 N–H and O–H groups in total. The molecule has 10 heteroatoms. The minimum Gasteiger partial charge on any atom is -0.495 e. The Morgan fingerprint density at radius 2 is 1.68 bits per heavy atom. The van der Waals surface area contributed by atoms with Crippen LogP contribution >= 0.6 is 0 Å². The fraction of sp³-hybridized carbons (Fsp3) is 0.541. The number of rotatable bonds is 6. The molecule has 0 radical (unpaired) electrons. The first-order valence-corrected chi connectivity index (χ1v) is 17.2. The molecule has 0 unspecified atom stereocenters. The lowest BCUT2D eigenvalue weighted by molar-refractivity contribution is -0.140. The van der Waals surface area contributed by atoms with Crippen LogP contribution in [0.25, 0.3) is 0 Å². The normalized spacial score (nSPS) is 26.3. The number of benzene rings is 2. The maximum Gasteiger partial charge on any atom is 0.243 e. The smallest absolute Gasteiger partial charge is 0.243 e. The van der Waals surface area contributed by atoms with Crippen LogP contribution in [0.2, 0.25) is 0 Å². The quantitative estimate of drug-likeness (QED) is 0.467. The minimum atomic E-state index is -0.664. The van der Waals surface area contributed by atoms with E-state index in [0.717, 1.165) is 56.0 Å². The number of carbonyl (C=O) groups excluding carboxylic acids is 3. The van der Waals surface area contributed by atoms with Gasteiger partial charge in [0.2, 0.25) is 17.7 Å². The van der Waals surface area contributed by atoms with Crippen molar-refractivity contribution in [3.05, 3.63) is 72.3 Å². The molecule has 3 amide bonds. The highest BCUT2D eigenvalue weighted by molar-refractivity contribution is 5.90. The molecule has 4 aliphatic rings. The number of nitrogens with one attached hydrogen (secondary N) is 2. The van der Waals surface area contributed by atoms with Crippen LogP contribution in [0.15, 0.2) is 66.7 Å². The van der Waals surface area contributed by atoms with Gasteiger partial charge < -0.3 is 29.9 Å². The highest BCUT2D eigenvalue weighted by Crippen LogP contribution is 2.36. The second-order valence-corrected chi connectivity index (χ2v) is 13.5. The number of piperidine rings is 1. The number of piperazine rings is 1. The zero-order valence-corrected chi connectivity index (χ0v) is 27.6. The van der Waals surface area contributed by atoms with Crippen LogP contribution in [0.1, 0.15) is 37.7 Å². The van der Waals surface area contributed by atoms with Crippen LogP contribution in [0, 0.1) is 11.3 Å². The number of likely N-dealkylation sites (tertiary alicyclic amines) is 1. The lowest BCUT2D eigenvalue weighted by Gasteiger charge is -2.41. The number of amides is 3. The molecule has 252 valence electrons. The molecule has 6 rings (SSSR count). The van der Waals surface area contributed by atoms with Gasteiger partial charge in [0.25, 0.3) is 0 Å². The van der Waals surface area contributed by atoms with E-state index in [4.69, 9.17) is 9.47 Å². The topological polar surface area (TPSA) is 103 Å². The van der Waals surface area contributed by atoms with E-state index in [9.17, 15) is 14.4 Å². The number of carbonyl (C=O) groups is 3. The first-order valence-electron chi connectivity index (χ1n) is 17.2. The summed E-state index contributed by atoms with van der Waals surface area (Å²) in [6.07, 6.45) is 8.21. The number of fused-ring (bicyclic) bond motifs is 1. The predicted molar refractivity (Wildman–Crippen MR) is 181 cm³/mol. The highest BCUT2D eigenvalue weighted by Gasteiger charge is 2.41. The lowest BCUT2D eigenvalue weighted by atomic mass is 9.75. The summed E-state index contributed by atoms with van der Waals surface area (Å²) in [6, 6.07) is 17.2. The number of hydrogen-bond donors (Lipinski definition) is 2. The minimum absolute atomic E-state index is 0.0328. The lowest BCUT2D eigenvalue weighted by Crippen LogP contribution is -2.59. The van der Waals surface area contributed by atoms with Gasteiger partial charge >= 0.3 is 0 Å². The van der Waals surface area contributed by atoms with E-state index >= 15 is 0 Å². The molecule has 0 saturated carbocycles. The zero-order valence-electron chi connectivity index (χ0n) is 27.6. The Kier molecular flexibility index (Phi) is 10.8. The molecular weight excluding hydrogens is 594 g/mol. The Bertz CT molecular complexity index is 1400. The largest absolute Gasteiger partial charge is 0.495 e. The van der Waals surface area contributed by atoms with Gasteiger partial charge in [-0.05, 0) is 55.7 Å². The van der Waals surface area contributed by atoms with Gasteiger partial charge in [-0.3, -0.25) is 19.3 Å². The Morgan fingerprint density at radius 1 is 0.936 bits per heavy atom. The van der Waals surface area contributed by atoms with Gasteiger partial charge in [-0.2, -0.15) is 0 Å². The molecular formula is C37H49N5O5. The Hall–Kier alpha value is -3.89. The van der Waals surface area contributed by atoms with Crippen molar-refractivity contribution in [3.8, 4) is 5.75 Å². The van der Waals surface area contributed by atoms with E-state index in [0.29, 0.717) is 58.5 Å². The Labute approximate surface area is 278 Å². The van der Waals surface area contributed by atoms with Crippen LogP contribution in [0.4, 0.5) is 5.69 Å². The van der Waals surface area contributed by atoms with E-state index in [1.54, 1.807) is 7.11 Å². The summed E-state index contributed by atoms with van der Waals surface area (Å²) in [6.45, 7) is 5.82. The second-order valence-electron chi connectivity index (χ2n) is 13.5. The molecule has 1 spiro atoms. The fourth-order valence-corrected chi connectivity index (χ4v) is 7.58. The van der Waals surface area contributed by atoms with Crippen molar-refractivity contribution < 1.29 is 23.9 Å². The average Bonchev–Trinajstić information content (AvgIpc) is 3.11. The Balaban J connectivity index is 1.11. The molecule has 3 saturated heterocycles. The van der Waals surface area contributed by atoms with Crippen molar-refractivity contribution in [3.63, 3.8) is 0 Å². The van der Waals surface area contributed by atoms with E-state index in [2.05, 4.69) is 38.7 Å². The zero-order chi connectivity index (χ0) is 32.6. The third-order valence-corrected chi connectivity index (χ3v) is 10.5. The van der Waals surface area contributed by atoms with Crippen LogP contribution in [-0.2, 0) is 25.5 Å². The first kappa shape index (κ1) is 33.0. The second kappa shape index (κ2) is 15.3. The molecule has 3 fully saturated rings. The number of ether oxygens (including phenoxy) is 2. The average molecular weight is 644 g/mol. The maximum absolute atomic E-state index is 13.9. The summed E-state index contributed by atoms with van der Waals surface area (Å²) in [7, 11) is 1.69. The number of hydrogen-bond acceptors (Lipinski definition) is 7. The predicted octanol–water partition coefficient (Wildman–Crippen LogP) is 3.02. The van der Waals surface area contributed by atoms with Crippen molar-refractivity contribution in [2.75, 3.05) is 71.0 Å². The van der Waals surface area contributed by atoms with E-state index < -0.39 is 11.5 Å². The molecule has 10 nitrogen and oxygen atoms in total. The molecule has 47 heavy (non-hydrogen) atoms. The van der Waals surface area contributed by atoms with Crippen molar-refractivity contribution in [2.45, 2.75) is 50.6 Å². The van der Waals surface area contributed by atoms with Crippen LogP contribution in [0.5, 0.6) is 5.75 Å². The summed E-state index contributed by atoms with van der Waals surface area (Å²) in [5.41, 5.74) is 1.49. The van der Waals surface area contributed by atoms with Gasteiger partial charge in [0.15, 0.2) is 0 Å². The summed E-state index contributed by atoms with van der Waals surface area (Å²) < 4.78 is 11.2. The van der Waals surface area contributed by atoms with Gasteiger partial charge in [-0.1, -0.05) is 54.6 Å². The standard InChI is InChI=1S/C37H49N5O5/c1-46-33-13-6-5-12-32(33)41-19-21-42(22-20-41)34(43)27-40-18-14-30-29(26-40)11-7-8-15-37(16-23-47-24-17-37)36(45)39-31(35(44)38-30)25-28-9-3-2-4-10-28/h2-10,12-13,29-31H,11,14-27H2,1H3,(H,38,44)(H,39,45)/b8-7+/t29-,30+,31-/m0/s1. The number of anilines is 1. The third kappa shape index (κ3) is 7.99. The molecule has 2 aromatic carbocycles.